The van der Waals surface area contributed by atoms with E-state index in [2.05, 4.69) is 6.21 Å². The van der Waals surface area contributed by atoms with Crippen LogP contribution in [0.3, 0.4) is 0 Å². The van der Waals surface area contributed by atoms with Gasteiger partial charge in [-0.2, -0.15) is 0 Å². The number of pyridine rings is 1. The van der Waals surface area contributed by atoms with E-state index >= 15 is 0 Å². The Morgan fingerprint density at radius 2 is 1.14 bits per heavy atom. The van der Waals surface area contributed by atoms with Gasteiger partial charge in [0.1, 0.15) is 0 Å². The number of carbonyl (C=O) groups excluding carboxylic acids is 1. The van der Waals surface area contributed by atoms with E-state index in [-0.39, 0.29) is 0 Å². The molecule has 0 N–H and O–H groups in total. The molecular weight excluding hydrogens is 516 g/mol. The van der Waals surface area contributed by atoms with E-state index in [1.54, 1.807) is 0 Å². The molecular formula is C37H33N4O-. The zero-order chi connectivity index (χ0) is 29.8. The highest BCUT2D eigenvalue weighted by Gasteiger charge is 2.15. The van der Waals surface area contributed by atoms with Crippen LogP contribution in [-0.2, 0) is 0 Å². The van der Waals surface area contributed by atoms with Gasteiger partial charge < -0.3 is 9.98 Å². The van der Waals surface area contributed by atoms with Crippen molar-refractivity contribution >= 4 is 51.9 Å². The van der Waals surface area contributed by atoms with Gasteiger partial charge in [0.25, 0.3) is 0 Å². The molecule has 0 amide bonds. The number of fused-ring (bicyclic) bond motifs is 1. The Hall–Kier alpha value is -5.03. The summed E-state index contributed by atoms with van der Waals surface area (Å²) in [7, 11) is 0. The normalized spacial score (nSPS) is 12.3. The number of aldehydes is 1. The van der Waals surface area contributed by atoms with E-state index < -0.39 is 0 Å². The lowest BCUT2D eigenvalue weighted by atomic mass is 10.0. The molecule has 0 saturated carbocycles. The van der Waals surface area contributed by atoms with Gasteiger partial charge in [0.15, 0.2) is 6.29 Å². The van der Waals surface area contributed by atoms with Crippen LogP contribution in [0.1, 0.15) is 49.4 Å². The van der Waals surface area contributed by atoms with Gasteiger partial charge >= 0.3 is 0 Å². The highest BCUT2D eigenvalue weighted by atomic mass is 16.1. The second-order valence-corrected chi connectivity index (χ2v) is 10.6. The molecule has 0 fully saturated rings. The summed E-state index contributed by atoms with van der Waals surface area (Å²) in [5.41, 5.74) is 10.9. The van der Waals surface area contributed by atoms with Crippen LogP contribution in [0.25, 0.3) is 10.9 Å². The van der Waals surface area contributed by atoms with Gasteiger partial charge in [0.2, 0.25) is 0 Å². The van der Waals surface area contributed by atoms with Crippen molar-refractivity contribution in [1.29, 1.82) is 0 Å². The summed E-state index contributed by atoms with van der Waals surface area (Å²) in [5, 5.41) is 0.871. The second-order valence-electron chi connectivity index (χ2n) is 10.6. The van der Waals surface area contributed by atoms with E-state index in [0.717, 1.165) is 67.6 Å². The molecule has 5 heteroatoms. The van der Waals surface area contributed by atoms with Gasteiger partial charge in [-0.05, 0) is 87.3 Å². The molecule has 0 atom stereocenters. The van der Waals surface area contributed by atoms with Crippen LogP contribution in [0, 0.1) is 41.5 Å². The van der Waals surface area contributed by atoms with Crippen LogP contribution < -0.4 is 0 Å². The number of carbonyl (C=O) groups is 1. The molecule has 0 spiro atoms. The van der Waals surface area contributed by atoms with Crippen LogP contribution in [0.5, 0.6) is 0 Å². The van der Waals surface area contributed by atoms with Gasteiger partial charge in [-0.15, -0.1) is 0 Å². The van der Waals surface area contributed by atoms with E-state index in [4.69, 9.17) is 20.0 Å². The third-order valence-electron chi connectivity index (χ3n) is 7.37. The van der Waals surface area contributed by atoms with Gasteiger partial charge in [-0.25, -0.2) is 0 Å². The summed E-state index contributed by atoms with van der Waals surface area (Å²) in [4.78, 5) is 32.7. The maximum Gasteiger partial charge on any atom is 0.151 e. The Morgan fingerprint density at radius 1 is 0.643 bits per heavy atom. The van der Waals surface area contributed by atoms with E-state index in [0.29, 0.717) is 22.7 Å². The van der Waals surface area contributed by atoms with E-state index in [1.807, 2.05) is 126 Å². The fourth-order valence-electron chi connectivity index (χ4n) is 5.04. The standard InChI is InChI=1S/C37H33N4O/c1-23-12-9-13-24(2)33(23)38-21-32(40-34-25(3)14-10-15-26(34)4)37(41-35-27(5)16-11-17-28(35)6)36-30(22-42)20-29-18-7-8-19-31(29)39-36/h7-20,22H,1-6H3/q-1. The third-order valence-corrected chi connectivity index (χ3v) is 7.37. The summed E-state index contributed by atoms with van der Waals surface area (Å²) in [6, 6.07) is 27.8. The zero-order valence-corrected chi connectivity index (χ0v) is 24.9. The molecule has 5 nitrogen and oxygen atoms in total. The van der Waals surface area contributed by atoms with Crippen molar-refractivity contribution in [2.45, 2.75) is 41.5 Å². The molecule has 0 aliphatic carbocycles. The lowest BCUT2D eigenvalue weighted by Crippen LogP contribution is -2.21. The number of aryl methyl sites for hydroxylation is 6. The number of nitrogens with zero attached hydrogens (tertiary/aromatic N) is 4. The van der Waals surface area contributed by atoms with Crippen molar-refractivity contribution in [3.8, 4) is 0 Å². The summed E-state index contributed by atoms with van der Waals surface area (Å²) in [6.45, 7) is 12.1. The molecule has 0 radical (unpaired) electrons. The maximum absolute atomic E-state index is 12.5. The SMILES string of the molecule is Cc1cccc(C)c1N=[C-]C(=Nc1c(C)cccc1C)C(=Nc1c(C)cccc1C)c1nc2ccccc2cc1C=O. The lowest BCUT2D eigenvalue weighted by molar-refractivity contribution is 0.112. The predicted molar refractivity (Wildman–Crippen MR) is 175 cm³/mol. The molecule has 0 aliphatic rings. The summed E-state index contributed by atoms with van der Waals surface area (Å²) in [6.07, 6.45) is 4.09. The fraction of sp³-hybridized carbons (Fsp3) is 0.162. The van der Waals surface area contributed by atoms with Gasteiger partial charge in [0.05, 0.1) is 16.9 Å². The number of hydrogen-bond acceptors (Lipinski definition) is 5. The number of aromatic nitrogens is 1. The number of rotatable bonds is 7. The van der Waals surface area contributed by atoms with Crippen LogP contribution in [-0.4, -0.2) is 28.9 Å². The number of benzene rings is 4. The Balaban J connectivity index is 1.88. The first-order valence-electron chi connectivity index (χ1n) is 13.9. The van der Waals surface area contributed by atoms with E-state index in [9.17, 15) is 4.79 Å². The summed E-state index contributed by atoms with van der Waals surface area (Å²) < 4.78 is 0. The lowest BCUT2D eigenvalue weighted by Gasteiger charge is -2.19. The molecule has 0 bridgehead atoms. The van der Waals surface area contributed by atoms with Crippen molar-refractivity contribution in [2.75, 3.05) is 0 Å². The highest BCUT2D eigenvalue weighted by Crippen LogP contribution is 2.29. The van der Waals surface area contributed by atoms with Crippen LogP contribution in [0.2, 0.25) is 0 Å². The van der Waals surface area contributed by atoms with Crippen LogP contribution >= 0.6 is 0 Å². The molecule has 0 saturated heterocycles. The Morgan fingerprint density at radius 3 is 1.69 bits per heavy atom. The molecule has 208 valence electrons. The van der Waals surface area contributed by atoms with Gasteiger partial charge in [-0.3, -0.25) is 14.8 Å². The van der Waals surface area contributed by atoms with Gasteiger partial charge in [-0.1, -0.05) is 90.1 Å². The minimum absolute atomic E-state index is 0.392. The first kappa shape index (κ1) is 28.5. The second kappa shape index (κ2) is 12.2. The highest BCUT2D eigenvalue weighted by molar-refractivity contribution is 6.67. The van der Waals surface area contributed by atoms with Crippen molar-refractivity contribution in [3.05, 3.63) is 130 Å². The van der Waals surface area contributed by atoms with Crippen molar-refractivity contribution in [3.63, 3.8) is 0 Å². The molecule has 4 aromatic carbocycles. The molecule has 42 heavy (non-hydrogen) atoms. The quantitative estimate of drug-likeness (QED) is 0.115. The first-order chi connectivity index (χ1) is 20.3. The van der Waals surface area contributed by atoms with Crippen molar-refractivity contribution in [1.82, 2.24) is 4.98 Å². The van der Waals surface area contributed by atoms with Crippen LogP contribution in [0.4, 0.5) is 17.1 Å². The smallest absolute Gasteiger partial charge is 0.151 e. The maximum atomic E-state index is 12.5. The van der Waals surface area contributed by atoms with Crippen LogP contribution in [0.15, 0.2) is 99.9 Å². The molecule has 5 rings (SSSR count). The van der Waals surface area contributed by atoms with Crippen molar-refractivity contribution in [2.24, 2.45) is 15.0 Å². The average Bonchev–Trinajstić information content (AvgIpc) is 2.97. The molecule has 5 aromatic rings. The molecule has 1 heterocycles. The van der Waals surface area contributed by atoms with Crippen molar-refractivity contribution < 1.29 is 4.79 Å². The minimum atomic E-state index is 0.392. The predicted octanol–water partition coefficient (Wildman–Crippen LogP) is 9.07. The number of aliphatic imine (C=N–C) groups is 3. The zero-order valence-electron chi connectivity index (χ0n) is 24.9. The third kappa shape index (κ3) is 5.86. The summed E-state index contributed by atoms with van der Waals surface area (Å²) >= 11 is 0. The average molecular weight is 550 g/mol. The Kier molecular flexibility index (Phi) is 8.30. The molecule has 1 aromatic heterocycles. The first-order valence-corrected chi connectivity index (χ1v) is 13.9. The minimum Gasteiger partial charge on any atom is -0.383 e. The Labute approximate surface area is 247 Å². The van der Waals surface area contributed by atoms with Gasteiger partial charge in [0, 0.05) is 22.4 Å². The molecule has 0 aliphatic heterocycles. The Bertz CT molecular complexity index is 1850. The molecule has 0 unspecified atom stereocenters. The topological polar surface area (TPSA) is 67.0 Å². The number of hydrogen-bond donors (Lipinski definition) is 0. The largest absolute Gasteiger partial charge is 0.383 e. The summed E-state index contributed by atoms with van der Waals surface area (Å²) in [5.74, 6) is 0. The monoisotopic (exact) mass is 549 g/mol. The van der Waals surface area contributed by atoms with E-state index in [1.165, 1.54) is 0 Å². The fourth-order valence-corrected chi connectivity index (χ4v) is 5.04. The number of para-hydroxylation sites is 4.